The molecule has 0 heterocycles. The zero-order valence-electron chi connectivity index (χ0n) is 16.0. The lowest BCUT2D eigenvalue weighted by molar-refractivity contribution is -0.126. The monoisotopic (exact) mass is 398 g/mol. The van der Waals surface area contributed by atoms with Crippen molar-refractivity contribution in [2.24, 2.45) is 5.92 Å². The van der Waals surface area contributed by atoms with E-state index in [1.807, 2.05) is 13.8 Å². The van der Waals surface area contributed by atoms with E-state index in [4.69, 9.17) is 17.0 Å². The van der Waals surface area contributed by atoms with Crippen molar-refractivity contribution in [3.05, 3.63) is 35.6 Å². The van der Waals surface area contributed by atoms with Crippen molar-refractivity contribution >= 4 is 29.1 Å². The maximum Gasteiger partial charge on any atom is 0.261 e. The molecule has 0 unspecified atom stereocenters. The molecule has 1 aromatic carbocycles. The van der Waals surface area contributed by atoms with Crippen LogP contribution in [0.15, 0.2) is 24.3 Å². The lowest BCUT2D eigenvalue weighted by Crippen LogP contribution is -2.56. The molecular weight excluding hydrogens is 371 g/mol. The number of nitrogens with zero attached hydrogens (tertiary/aromatic N) is 1. The van der Waals surface area contributed by atoms with Crippen LogP contribution in [0.25, 0.3) is 0 Å². The first-order valence-electron chi connectivity index (χ1n) is 8.63. The van der Waals surface area contributed by atoms with E-state index in [0.29, 0.717) is 18.3 Å². The summed E-state index contributed by atoms with van der Waals surface area (Å²) in [4.78, 5) is 24.9. The predicted molar refractivity (Wildman–Crippen MR) is 105 cm³/mol. The van der Waals surface area contributed by atoms with Crippen molar-refractivity contribution in [3.8, 4) is 0 Å². The van der Waals surface area contributed by atoms with Gasteiger partial charge in [-0.2, -0.15) is 0 Å². The summed E-state index contributed by atoms with van der Waals surface area (Å²) in [5, 5.41) is 7.42. The second kappa shape index (κ2) is 11.5. The van der Waals surface area contributed by atoms with E-state index in [1.54, 1.807) is 14.2 Å². The van der Waals surface area contributed by atoms with Crippen molar-refractivity contribution in [3.63, 3.8) is 0 Å². The average Bonchev–Trinajstić information content (AvgIpc) is 2.62. The molecule has 0 aliphatic rings. The molecule has 0 saturated heterocycles. The SMILES string of the molecule is COCCCNC(=S)N(C)NC(=O)[C@@H](NC(=O)c1ccc(F)cc1)C(C)C. The number of hydrogen-bond acceptors (Lipinski definition) is 4. The predicted octanol–water partition coefficient (Wildman–Crippen LogP) is 1.45. The highest BCUT2D eigenvalue weighted by atomic mass is 32.1. The Labute approximate surface area is 164 Å². The van der Waals surface area contributed by atoms with Crippen LogP contribution in [-0.4, -0.2) is 55.3 Å². The quantitative estimate of drug-likeness (QED) is 0.349. The van der Waals surface area contributed by atoms with Crippen molar-refractivity contribution in [1.29, 1.82) is 0 Å². The fraction of sp³-hybridized carbons (Fsp3) is 0.500. The summed E-state index contributed by atoms with van der Waals surface area (Å²) < 4.78 is 18.0. The molecule has 2 amide bonds. The second-order valence-electron chi connectivity index (χ2n) is 6.32. The van der Waals surface area contributed by atoms with Crippen LogP contribution in [-0.2, 0) is 9.53 Å². The Bertz CT molecular complexity index is 640. The fourth-order valence-corrected chi connectivity index (χ4v) is 2.32. The molecular formula is C18H27FN4O3S. The van der Waals surface area contributed by atoms with Gasteiger partial charge in [-0.05, 0) is 48.8 Å². The van der Waals surface area contributed by atoms with Crippen LogP contribution in [0.2, 0.25) is 0 Å². The summed E-state index contributed by atoms with van der Waals surface area (Å²) in [5.41, 5.74) is 2.93. The third-order valence-electron chi connectivity index (χ3n) is 3.73. The summed E-state index contributed by atoms with van der Waals surface area (Å²) in [6.07, 6.45) is 0.779. The number of hydrazine groups is 1. The Balaban J connectivity index is 2.62. The first-order chi connectivity index (χ1) is 12.8. The molecule has 0 saturated carbocycles. The van der Waals surface area contributed by atoms with Crippen molar-refractivity contribution in [2.45, 2.75) is 26.3 Å². The topological polar surface area (TPSA) is 82.7 Å². The maximum absolute atomic E-state index is 13.0. The van der Waals surface area contributed by atoms with Gasteiger partial charge in [-0.3, -0.25) is 20.0 Å². The van der Waals surface area contributed by atoms with Gasteiger partial charge >= 0.3 is 0 Å². The van der Waals surface area contributed by atoms with Crippen molar-refractivity contribution in [2.75, 3.05) is 27.3 Å². The van der Waals surface area contributed by atoms with Crippen molar-refractivity contribution in [1.82, 2.24) is 21.1 Å². The minimum absolute atomic E-state index is 0.161. The van der Waals surface area contributed by atoms with Crippen LogP contribution in [0.3, 0.4) is 0 Å². The lowest BCUT2D eigenvalue weighted by Gasteiger charge is -2.27. The Morgan fingerprint density at radius 2 is 1.89 bits per heavy atom. The number of halogens is 1. The molecule has 0 spiro atoms. The minimum Gasteiger partial charge on any atom is -0.385 e. The summed E-state index contributed by atoms with van der Waals surface area (Å²) in [5.74, 6) is -1.44. The largest absolute Gasteiger partial charge is 0.385 e. The summed E-state index contributed by atoms with van der Waals surface area (Å²) >= 11 is 5.21. The average molecular weight is 399 g/mol. The first kappa shape index (κ1) is 22.8. The van der Waals surface area contributed by atoms with Crippen LogP contribution < -0.4 is 16.1 Å². The Kier molecular flexibility index (Phi) is 9.66. The molecule has 0 aliphatic heterocycles. The van der Waals surface area contributed by atoms with E-state index in [9.17, 15) is 14.0 Å². The lowest BCUT2D eigenvalue weighted by atomic mass is 10.0. The van der Waals surface area contributed by atoms with Gasteiger partial charge in [0.25, 0.3) is 11.8 Å². The van der Waals surface area contributed by atoms with Gasteiger partial charge in [0.1, 0.15) is 11.9 Å². The number of rotatable bonds is 8. The number of methoxy groups -OCH3 is 1. The van der Waals surface area contributed by atoms with Crippen LogP contribution in [0.5, 0.6) is 0 Å². The third-order valence-corrected chi connectivity index (χ3v) is 4.14. The van der Waals surface area contributed by atoms with Gasteiger partial charge in [0.2, 0.25) is 0 Å². The molecule has 1 aromatic rings. The number of benzene rings is 1. The van der Waals surface area contributed by atoms with Crippen LogP contribution >= 0.6 is 12.2 Å². The number of amides is 2. The van der Waals surface area contributed by atoms with E-state index in [-0.39, 0.29) is 11.5 Å². The van der Waals surface area contributed by atoms with E-state index < -0.39 is 23.7 Å². The molecule has 3 N–H and O–H groups in total. The van der Waals surface area contributed by atoms with E-state index in [1.165, 1.54) is 29.3 Å². The molecule has 0 aliphatic carbocycles. The molecule has 9 heteroatoms. The molecule has 0 aromatic heterocycles. The second-order valence-corrected chi connectivity index (χ2v) is 6.70. The number of nitrogens with one attached hydrogen (secondary N) is 3. The summed E-state index contributed by atoms with van der Waals surface area (Å²) in [6, 6.07) is 4.35. The number of carbonyl (C=O) groups is 2. The normalized spacial score (nSPS) is 11.6. The molecule has 0 radical (unpaired) electrons. The van der Waals surface area contributed by atoms with Crippen LogP contribution in [0.1, 0.15) is 30.6 Å². The Morgan fingerprint density at radius 3 is 2.44 bits per heavy atom. The fourth-order valence-electron chi connectivity index (χ4n) is 2.18. The maximum atomic E-state index is 13.0. The van der Waals surface area contributed by atoms with E-state index in [2.05, 4.69) is 16.1 Å². The van der Waals surface area contributed by atoms with Gasteiger partial charge in [-0.15, -0.1) is 0 Å². The van der Waals surface area contributed by atoms with Crippen LogP contribution in [0, 0.1) is 11.7 Å². The molecule has 150 valence electrons. The zero-order chi connectivity index (χ0) is 20.4. The molecule has 27 heavy (non-hydrogen) atoms. The minimum atomic E-state index is -0.777. The molecule has 1 atom stereocenters. The number of hydrogen-bond donors (Lipinski definition) is 3. The van der Waals surface area contributed by atoms with Crippen molar-refractivity contribution < 1.29 is 18.7 Å². The Morgan fingerprint density at radius 1 is 1.26 bits per heavy atom. The van der Waals surface area contributed by atoms with Gasteiger partial charge in [-0.1, -0.05) is 13.8 Å². The highest BCUT2D eigenvalue weighted by Crippen LogP contribution is 2.07. The van der Waals surface area contributed by atoms with Gasteiger partial charge in [0.05, 0.1) is 0 Å². The van der Waals surface area contributed by atoms with Gasteiger partial charge in [0, 0.05) is 32.9 Å². The highest BCUT2D eigenvalue weighted by molar-refractivity contribution is 7.80. The number of ether oxygens (including phenoxy) is 1. The van der Waals surface area contributed by atoms with Crippen LogP contribution in [0.4, 0.5) is 4.39 Å². The first-order valence-corrected chi connectivity index (χ1v) is 9.04. The van der Waals surface area contributed by atoms with E-state index in [0.717, 1.165) is 6.42 Å². The van der Waals surface area contributed by atoms with Gasteiger partial charge in [-0.25, -0.2) is 4.39 Å². The van der Waals surface area contributed by atoms with Gasteiger partial charge in [0.15, 0.2) is 5.11 Å². The third kappa shape index (κ3) is 7.88. The molecule has 0 bridgehead atoms. The van der Waals surface area contributed by atoms with Gasteiger partial charge < -0.3 is 15.4 Å². The number of carbonyl (C=O) groups excluding carboxylic acids is 2. The summed E-state index contributed by atoms with van der Waals surface area (Å²) in [7, 11) is 3.24. The smallest absolute Gasteiger partial charge is 0.261 e. The highest BCUT2D eigenvalue weighted by Gasteiger charge is 2.26. The zero-order valence-corrected chi connectivity index (χ0v) is 16.9. The molecule has 0 fully saturated rings. The summed E-state index contributed by atoms with van der Waals surface area (Å²) in [6.45, 7) is 4.85. The molecule has 7 nitrogen and oxygen atoms in total. The number of thiocarbonyl (C=S) groups is 1. The molecule has 1 rings (SSSR count). The van der Waals surface area contributed by atoms with E-state index >= 15 is 0 Å². The Hall–Kier alpha value is -2.26. The standard InChI is InChI=1S/C18H27FN4O3S/c1-12(2)15(21-16(24)13-6-8-14(19)9-7-13)17(25)22-23(3)18(27)20-10-5-11-26-4/h6-9,12,15H,5,10-11H2,1-4H3,(H,20,27)(H,21,24)(H,22,25)/t15-/m0/s1.